The van der Waals surface area contributed by atoms with Crippen molar-refractivity contribution in [2.45, 2.75) is 32.0 Å². The lowest BCUT2D eigenvalue weighted by Gasteiger charge is -2.03. The Hall–Kier alpha value is -0.0800. The number of nitrogens with two attached hydrogens (primary N) is 1. The van der Waals surface area contributed by atoms with E-state index in [2.05, 4.69) is 5.32 Å². The van der Waals surface area contributed by atoms with Gasteiger partial charge in [0.15, 0.2) is 0 Å². The van der Waals surface area contributed by atoms with Gasteiger partial charge in [-0.3, -0.25) is 5.32 Å². The largest absolute Gasteiger partial charge is 0.316 e. The van der Waals surface area contributed by atoms with Crippen LogP contribution in [0.5, 0.6) is 0 Å². The van der Waals surface area contributed by atoms with E-state index in [0.717, 1.165) is 6.04 Å². The molecule has 1 aliphatic rings. The fourth-order valence-corrected chi connectivity index (χ4v) is 0.622. The molecule has 7 heavy (non-hydrogen) atoms. The summed E-state index contributed by atoms with van der Waals surface area (Å²) in [6.45, 7) is 1.97. The van der Waals surface area contributed by atoms with Gasteiger partial charge in [-0.1, -0.05) is 0 Å². The highest BCUT2D eigenvalue weighted by molar-refractivity contribution is 4.81. The monoisotopic (exact) mass is 100 g/mol. The Morgan fingerprint density at radius 3 is 2.43 bits per heavy atom. The van der Waals surface area contributed by atoms with Gasteiger partial charge >= 0.3 is 0 Å². The first-order chi connectivity index (χ1) is 3.29. The number of rotatable bonds is 2. The van der Waals surface area contributed by atoms with Gasteiger partial charge in [-0.2, -0.15) is 0 Å². The summed E-state index contributed by atoms with van der Waals surface area (Å²) < 4.78 is 0. The topological polar surface area (TPSA) is 38.0 Å². The molecule has 0 aromatic rings. The lowest BCUT2D eigenvalue weighted by molar-refractivity contribution is 0.563. The van der Waals surface area contributed by atoms with Crippen molar-refractivity contribution in [2.75, 3.05) is 0 Å². The van der Waals surface area contributed by atoms with Gasteiger partial charge in [0, 0.05) is 6.04 Å². The van der Waals surface area contributed by atoms with Gasteiger partial charge in [0.2, 0.25) is 0 Å². The van der Waals surface area contributed by atoms with Crippen molar-refractivity contribution in [1.29, 1.82) is 0 Å². The molecule has 1 fully saturated rings. The zero-order chi connectivity index (χ0) is 5.28. The first-order valence-corrected chi connectivity index (χ1v) is 2.80. The van der Waals surface area contributed by atoms with Gasteiger partial charge in [0.1, 0.15) is 0 Å². The molecule has 1 aliphatic carbocycles. The molecule has 2 nitrogen and oxygen atoms in total. The van der Waals surface area contributed by atoms with Crippen LogP contribution in [0.15, 0.2) is 0 Å². The van der Waals surface area contributed by atoms with Gasteiger partial charge in [-0.25, -0.2) is 0 Å². The summed E-state index contributed by atoms with van der Waals surface area (Å²) in [6.07, 6.45) is 2.83. The van der Waals surface area contributed by atoms with Crippen LogP contribution in [0, 0.1) is 0 Å². The molecule has 1 unspecified atom stereocenters. The first-order valence-electron chi connectivity index (χ1n) is 2.80. The Bertz CT molecular complexity index is 57.1. The normalized spacial score (nSPS) is 24.9. The Balaban J connectivity index is 1.97. The maximum absolute atomic E-state index is 5.42. The van der Waals surface area contributed by atoms with Crippen LogP contribution < -0.4 is 11.1 Å². The van der Waals surface area contributed by atoms with Crippen molar-refractivity contribution >= 4 is 0 Å². The Labute approximate surface area is 44.1 Å². The summed E-state index contributed by atoms with van der Waals surface area (Å²) >= 11 is 0. The number of hydrogen-bond donors (Lipinski definition) is 2. The SMILES string of the molecule is CC(N)NC1CC1. The summed E-state index contributed by atoms with van der Waals surface area (Å²) in [5, 5.41) is 3.19. The Kier molecular flexibility index (Phi) is 1.30. The molecule has 1 rings (SSSR count). The second-order valence-electron chi connectivity index (χ2n) is 2.23. The molecule has 0 aliphatic heterocycles. The van der Waals surface area contributed by atoms with E-state index >= 15 is 0 Å². The van der Waals surface area contributed by atoms with E-state index in [0.29, 0.717) is 0 Å². The molecule has 1 atom stereocenters. The van der Waals surface area contributed by atoms with Crippen LogP contribution in [-0.4, -0.2) is 12.2 Å². The molecule has 42 valence electrons. The molecule has 0 bridgehead atoms. The molecule has 1 saturated carbocycles. The van der Waals surface area contributed by atoms with E-state index in [1.165, 1.54) is 12.8 Å². The predicted molar refractivity (Wildman–Crippen MR) is 29.8 cm³/mol. The van der Waals surface area contributed by atoms with E-state index < -0.39 is 0 Å². The lowest BCUT2D eigenvalue weighted by Crippen LogP contribution is -2.35. The maximum Gasteiger partial charge on any atom is 0.0519 e. The quantitative estimate of drug-likeness (QED) is 0.481. The minimum atomic E-state index is 0.187. The summed E-state index contributed by atoms with van der Waals surface area (Å²) in [6, 6.07) is 0.750. The second kappa shape index (κ2) is 1.80. The molecule has 2 heteroatoms. The van der Waals surface area contributed by atoms with Crippen LogP contribution in [0.25, 0.3) is 0 Å². The van der Waals surface area contributed by atoms with Crippen molar-refractivity contribution in [1.82, 2.24) is 5.32 Å². The van der Waals surface area contributed by atoms with Gasteiger partial charge in [-0.15, -0.1) is 0 Å². The fourth-order valence-electron chi connectivity index (χ4n) is 0.622. The van der Waals surface area contributed by atoms with Crippen LogP contribution >= 0.6 is 0 Å². The van der Waals surface area contributed by atoms with Gasteiger partial charge < -0.3 is 5.73 Å². The van der Waals surface area contributed by atoms with Crippen molar-refractivity contribution in [3.63, 3.8) is 0 Å². The minimum absolute atomic E-state index is 0.187. The smallest absolute Gasteiger partial charge is 0.0519 e. The van der Waals surface area contributed by atoms with Crippen molar-refractivity contribution in [2.24, 2.45) is 5.73 Å². The molecule has 0 spiro atoms. The zero-order valence-corrected chi connectivity index (χ0v) is 4.65. The van der Waals surface area contributed by atoms with E-state index in [4.69, 9.17) is 5.73 Å². The van der Waals surface area contributed by atoms with Crippen molar-refractivity contribution < 1.29 is 0 Å². The summed E-state index contributed by atoms with van der Waals surface area (Å²) in [4.78, 5) is 0. The summed E-state index contributed by atoms with van der Waals surface area (Å²) in [7, 11) is 0. The Morgan fingerprint density at radius 2 is 2.29 bits per heavy atom. The standard InChI is InChI=1S/C5H12N2/c1-4(6)7-5-2-3-5/h4-5,7H,2-3,6H2,1H3. The molecule has 0 heterocycles. The molecule has 0 aromatic carbocycles. The highest BCUT2D eigenvalue weighted by atomic mass is 15.1. The predicted octanol–water partition coefficient (Wildman–Crippen LogP) is 0.0431. The highest BCUT2D eigenvalue weighted by Gasteiger charge is 2.20. The molecule has 3 N–H and O–H groups in total. The molecule has 0 amide bonds. The number of hydrogen-bond acceptors (Lipinski definition) is 2. The van der Waals surface area contributed by atoms with Crippen LogP contribution in [0.4, 0.5) is 0 Å². The molecule has 0 radical (unpaired) electrons. The number of nitrogens with one attached hydrogen (secondary N) is 1. The highest BCUT2D eigenvalue weighted by Crippen LogP contribution is 2.18. The summed E-state index contributed by atoms with van der Waals surface area (Å²) in [5.74, 6) is 0. The third-order valence-electron chi connectivity index (χ3n) is 1.08. The van der Waals surface area contributed by atoms with Crippen molar-refractivity contribution in [3.8, 4) is 0 Å². The van der Waals surface area contributed by atoms with Gasteiger partial charge in [0.25, 0.3) is 0 Å². The third-order valence-corrected chi connectivity index (χ3v) is 1.08. The first kappa shape index (κ1) is 5.06. The Morgan fingerprint density at radius 1 is 1.71 bits per heavy atom. The van der Waals surface area contributed by atoms with E-state index in [1.54, 1.807) is 0 Å². The second-order valence-corrected chi connectivity index (χ2v) is 2.23. The van der Waals surface area contributed by atoms with E-state index in [1.807, 2.05) is 6.92 Å². The molecule has 0 saturated heterocycles. The van der Waals surface area contributed by atoms with E-state index in [9.17, 15) is 0 Å². The lowest BCUT2D eigenvalue weighted by atomic mass is 10.5. The molecular formula is C5H12N2. The summed E-state index contributed by atoms with van der Waals surface area (Å²) in [5.41, 5.74) is 5.42. The average Bonchev–Trinajstić information content (AvgIpc) is 2.17. The van der Waals surface area contributed by atoms with Gasteiger partial charge in [0.05, 0.1) is 6.17 Å². The third kappa shape index (κ3) is 1.90. The van der Waals surface area contributed by atoms with Crippen LogP contribution in [0.3, 0.4) is 0 Å². The van der Waals surface area contributed by atoms with Crippen LogP contribution in [-0.2, 0) is 0 Å². The van der Waals surface area contributed by atoms with Crippen molar-refractivity contribution in [3.05, 3.63) is 0 Å². The maximum atomic E-state index is 5.42. The molecular weight excluding hydrogens is 88.1 g/mol. The average molecular weight is 100 g/mol. The molecule has 0 aromatic heterocycles. The van der Waals surface area contributed by atoms with Crippen LogP contribution in [0.2, 0.25) is 0 Å². The fraction of sp³-hybridized carbons (Fsp3) is 1.00. The van der Waals surface area contributed by atoms with E-state index in [-0.39, 0.29) is 6.17 Å². The minimum Gasteiger partial charge on any atom is -0.316 e. The zero-order valence-electron chi connectivity index (χ0n) is 4.65. The van der Waals surface area contributed by atoms with Crippen LogP contribution in [0.1, 0.15) is 19.8 Å². The van der Waals surface area contributed by atoms with Gasteiger partial charge in [-0.05, 0) is 19.8 Å².